The number of furan rings is 1. The Kier molecular flexibility index (Phi) is 2.90. The molecule has 0 aliphatic heterocycles. The first-order valence-corrected chi connectivity index (χ1v) is 5.82. The van der Waals surface area contributed by atoms with Crippen LogP contribution in [0.4, 0.5) is 16.1 Å². The van der Waals surface area contributed by atoms with Gasteiger partial charge in [0, 0.05) is 5.56 Å². The Balaban J connectivity index is 2.17. The highest BCUT2D eigenvalue weighted by atomic mass is 19.1. The van der Waals surface area contributed by atoms with E-state index in [0.717, 1.165) is 0 Å². The second-order valence-corrected chi connectivity index (χ2v) is 4.15. The first-order chi connectivity index (χ1) is 10.1. The molecule has 2 aromatic heterocycles. The highest BCUT2D eigenvalue weighted by Gasteiger charge is 2.24. The Morgan fingerprint density at radius 3 is 2.67 bits per heavy atom. The molecule has 0 radical (unpaired) electrons. The molecule has 7 nitrogen and oxygen atoms in total. The van der Waals surface area contributed by atoms with Crippen LogP contribution in [0, 0.1) is 15.9 Å². The van der Waals surface area contributed by atoms with Crippen molar-refractivity contribution in [3.63, 3.8) is 0 Å². The molecule has 0 fully saturated rings. The van der Waals surface area contributed by atoms with E-state index in [4.69, 9.17) is 14.7 Å². The van der Waals surface area contributed by atoms with Gasteiger partial charge in [-0.05, 0) is 12.1 Å². The number of nitrogen functional groups attached to an aromatic ring is 1. The first kappa shape index (κ1) is 12.9. The molecule has 0 aliphatic rings. The lowest BCUT2D eigenvalue weighted by atomic mass is 10.0. The summed E-state index contributed by atoms with van der Waals surface area (Å²) >= 11 is 0. The third kappa shape index (κ3) is 2.12. The number of hydrogen-bond acceptors (Lipinski definition) is 6. The molecule has 8 heteroatoms. The Bertz CT molecular complexity index is 824. The van der Waals surface area contributed by atoms with Gasteiger partial charge in [-0.3, -0.25) is 10.1 Å². The normalized spacial score (nSPS) is 10.7. The maximum absolute atomic E-state index is 13.9. The summed E-state index contributed by atoms with van der Waals surface area (Å²) in [7, 11) is 0. The van der Waals surface area contributed by atoms with Crippen LogP contribution < -0.4 is 5.73 Å². The minimum Gasteiger partial charge on any atom is -0.397 e. The van der Waals surface area contributed by atoms with Crippen molar-refractivity contribution in [2.24, 2.45) is 0 Å². The molecule has 0 saturated heterocycles. The van der Waals surface area contributed by atoms with Gasteiger partial charge in [0.15, 0.2) is 11.6 Å². The van der Waals surface area contributed by atoms with Gasteiger partial charge in [-0.1, -0.05) is 23.4 Å². The van der Waals surface area contributed by atoms with E-state index in [9.17, 15) is 14.5 Å². The zero-order valence-corrected chi connectivity index (χ0v) is 10.4. The average molecular weight is 289 g/mol. The predicted molar refractivity (Wildman–Crippen MR) is 70.7 cm³/mol. The van der Waals surface area contributed by atoms with Crippen LogP contribution in [-0.4, -0.2) is 10.1 Å². The molecule has 0 unspecified atom stereocenters. The topological polar surface area (TPSA) is 108 Å². The van der Waals surface area contributed by atoms with Crippen LogP contribution in [0.2, 0.25) is 0 Å². The number of benzene rings is 1. The summed E-state index contributed by atoms with van der Waals surface area (Å²) in [5, 5.41) is 14.2. The lowest BCUT2D eigenvalue weighted by Crippen LogP contribution is -1.91. The second kappa shape index (κ2) is 4.75. The summed E-state index contributed by atoms with van der Waals surface area (Å²) in [5.74, 6) is -0.932. The summed E-state index contributed by atoms with van der Waals surface area (Å²) in [4.78, 5) is 9.95. The molecule has 0 saturated carbocycles. The number of anilines is 1. The van der Waals surface area contributed by atoms with E-state index in [1.807, 2.05) is 0 Å². The molecule has 3 aromatic rings. The molecule has 2 N–H and O–H groups in total. The maximum atomic E-state index is 13.9. The smallest absolute Gasteiger partial charge is 0.397 e. The number of hydrogen-bond donors (Lipinski definition) is 1. The van der Waals surface area contributed by atoms with Gasteiger partial charge in [-0.15, -0.1) is 0 Å². The van der Waals surface area contributed by atoms with Gasteiger partial charge in [-0.2, -0.15) is 0 Å². The fourth-order valence-electron chi connectivity index (χ4n) is 1.94. The van der Waals surface area contributed by atoms with Crippen LogP contribution in [0.3, 0.4) is 0 Å². The largest absolute Gasteiger partial charge is 0.433 e. The molecule has 3 rings (SSSR count). The van der Waals surface area contributed by atoms with Gasteiger partial charge >= 0.3 is 5.88 Å². The van der Waals surface area contributed by atoms with E-state index in [1.165, 1.54) is 30.3 Å². The number of nitrogens with two attached hydrogens (primary N) is 1. The monoisotopic (exact) mass is 289 g/mol. The molecule has 2 heterocycles. The summed E-state index contributed by atoms with van der Waals surface area (Å²) < 4.78 is 24.0. The number of nitrogens with zero attached hydrogens (tertiary/aromatic N) is 2. The van der Waals surface area contributed by atoms with Gasteiger partial charge in [-0.25, -0.2) is 4.39 Å². The maximum Gasteiger partial charge on any atom is 0.433 e. The Hall–Kier alpha value is -3.16. The van der Waals surface area contributed by atoms with Crippen LogP contribution in [0.25, 0.3) is 22.6 Å². The molecule has 0 bridgehead atoms. The quantitative estimate of drug-likeness (QED) is 0.585. The molecule has 21 heavy (non-hydrogen) atoms. The molecule has 0 spiro atoms. The lowest BCUT2D eigenvalue weighted by molar-refractivity contribution is -0.401. The summed E-state index contributed by atoms with van der Waals surface area (Å²) in [6.07, 6.45) is 0. The highest BCUT2D eigenvalue weighted by molar-refractivity contribution is 5.85. The van der Waals surface area contributed by atoms with Crippen molar-refractivity contribution in [1.29, 1.82) is 0 Å². The first-order valence-electron chi connectivity index (χ1n) is 5.82. The van der Waals surface area contributed by atoms with E-state index in [-0.39, 0.29) is 28.5 Å². The van der Waals surface area contributed by atoms with Crippen molar-refractivity contribution in [2.75, 3.05) is 5.73 Å². The van der Waals surface area contributed by atoms with Crippen molar-refractivity contribution in [3.05, 3.63) is 52.3 Å². The van der Waals surface area contributed by atoms with Crippen LogP contribution in [0.1, 0.15) is 0 Å². The van der Waals surface area contributed by atoms with Gasteiger partial charge in [0.2, 0.25) is 5.76 Å². The summed E-state index contributed by atoms with van der Waals surface area (Å²) in [6.45, 7) is 0. The molecule has 0 amide bonds. The SMILES string of the molecule is Nc1noc(-c2ccc([N+](=O)[O-])o2)c1-c1ccccc1F. The highest BCUT2D eigenvalue weighted by Crippen LogP contribution is 2.39. The van der Waals surface area contributed by atoms with Crippen LogP contribution in [-0.2, 0) is 0 Å². The van der Waals surface area contributed by atoms with Gasteiger partial charge < -0.3 is 14.7 Å². The molecule has 1 aromatic carbocycles. The number of halogens is 1. The molecular formula is C13H8FN3O4. The van der Waals surface area contributed by atoms with Gasteiger partial charge in [0.1, 0.15) is 10.7 Å². The average Bonchev–Trinajstić information content (AvgIpc) is 3.06. The van der Waals surface area contributed by atoms with E-state index >= 15 is 0 Å². The van der Waals surface area contributed by atoms with Crippen molar-refractivity contribution in [1.82, 2.24) is 5.16 Å². The molecular weight excluding hydrogens is 281 g/mol. The minimum absolute atomic E-state index is 0.0331. The van der Waals surface area contributed by atoms with E-state index in [0.29, 0.717) is 0 Å². The zero-order chi connectivity index (χ0) is 15.0. The standard InChI is InChI=1S/C13H8FN3O4/c14-8-4-2-1-3-7(8)11-12(21-16-13(11)15)9-5-6-10(20-9)17(18)19/h1-6H,(H2,15,16). The third-order valence-electron chi connectivity index (χ3n) is 2.86. The van der Waals surface area contributed by atoms with Gasteiger partial charge in [0.05, 0.1) is 11.6 Å². The minimum atomic E-state index is -0.688. The Morgan fingerprint density at radius 1 is 1.24 bits per heavy atom. The lowest BCUT2D eigenvalue weighted by Gasteiger charge is -2.01. The Morgan fingerprint density at radius 2 is 2.00 bits per heavy atom. The van der Waals surface area contributed by atoms with Crippen LogP contribution in [0.15, 0.2) is 45.3 Å². The predicted octanol–water partition coefficient (Wildman–Crippen LogP) is 3.23. The zero-order valence-electron chi connectivity index (χ0n) is 10.4. The van der Waals surface area contributed by atoms with Crippen molar-refractivity contribution in [2.45, 2.75) is 0 Å². The van der Waals surface area contributed by atoms with Crippen molar-refractivity contribution < 1.29 is 18.3 Å². The molecule has 0 aliphatic carbocycles. The van der Waals surface area contributed by atoms with Crippen molar-refractivity contribution in [3.8, 4) is 22.6 Å². The summed E-state index contributed by atoms with van der Waals surface area (Å²) in [6, 6.07) is 8.41. The Labute approximate surface area is 116 Å². The summed E-state index contributed by atoms with van der Waals surface area (Å²) in [5.41, 5.74) is 6.06. The number of aromatic nitrogens is 1. The van der Waals surface area contributed by atoms with E-state index in [1.54, 1.807) is 6.07 Å². The van der Waals surface area contributed by atoms with Crippen molar-refractivity contribution >= 4 is 11.7 Å². The van der Waals surface area contributed by atoms with Crippen LogP contribution >= 0.6 is 0 Å². The fraction of sp³-hybridized carbons (Fsp3) is 0. The molecule has 106 valence electrons. The number of nitro groups is 1. The van der Waals surface area contributed by atoms with E-state index in [2.05, 4.69) is 5.16 Å². The van der Waals surface area contributed by atoms with Crippen LogP contribution in [0.5, 0.6) is 0 Å². The third-order valence-corrected chi connectivity index (χ3v) is 2.86. The molecule has 0 atom stereocenters. The van der Waals surface area contributed by atoms with Gasteiger partial charge in [0.25, 0.3) is 0 Å². The van der Waals surface area contributed by atoms with E-state index < -0.39 is 16.6 Å². The fourth-order valence-corrected chi connectivity index (χ4v) is 1.94. The second-order valence-electron chi connectivity index (χ2n) is 4.15. The number of rotatable bonds is 3.